The van der Waals surface area contributed by atoms with Crippen LogP contribution in [0.4, 0.5) is 0 Å². The van der Waals surface area contributed by atoms with Gasteiger partial charge in [0.15, 0.2) is 0 Å². The molecule has 0 aliphatic rings. The molecule has 0 saturated heterocycles. The van der Waals surface area contributed by atoms with E-state index < -0.39 is 5.97 Å². The van der Waals surface area contributed by atoms with Gasteiger partial charge in [-0.1, -0.05) is 31.1 Å². The number of ether oxygens (including phenoxy) is 1. The summed E-state index contributed by atoms with van der Waals surface area (Å²) in [5.41, 5.74) is 1.77. The van der Waals surface area contributed by atoms with Crippen LogP contribution in [0, 0.1) is 0 Å². The molecule has 0 radical (unpaired) electrons. The summed E-state index contributed by atoms with van der Waals surface area (Å²) >= 11 is 0. The monoisotopic (exact) mass is 276 g/mol. The molecule has 0 aliphatic carbocycles. The lowest BCUT2D eigenvalue weighted by atomic mass is 9.94. The Bertz CT molecular complexity index is 619. The molecule has 0 saturated carbocycles. The second-order valence-corrected chi connectivity index (χ2v) is 4.70. The maximum Gasteiger partial charge on any atom is 0.336 e. The van der Waals surface area contributed by atoms with E-state index in [-0.39, 0.29) is 24.0 Å². The summed E-state index contributed by atoms with van der Waals surface area (Å²) < 4.78 is 5.44. The second kappa shape index (κ2) is 5.64. The summed E-state index contributed by atoms with van der Waals surface area (Å²) in [7, 11) is 0. The molecule has 0 amide bonds. The van der Waals surface area contributed by atoms with Gasteiger partial charge in [-0.15, -0.1) is 4.85 Å². The van der Waals surface area contributed by atoms with Gasteiger partial charge in [0.25, 0.3) is 0 Å². The standard InChI is InChI=1S/C14H16N2O4/c1-9(2)10-4-3-5-11(14(17)18)12(10)8-20-13-6-7-16(19)15-13/h3-7,9,19H,8H2,1-2H3,(H,17,18). The van der Waals surface area contributed by atoms with Crippen molar-refractivity contribution in [3.8, 4) is 5.88 Å². The van der Waals surface area contributed by atoms with Crippen LogP contribution < -0.4 is 4.74 Å². The Morgan fingerprint density at radius 1 is 1.40 bits per heavy atom. The predicted octanol–water partition coefficient (Wildman–Crippen LogP) is 2.52. The Morgan fingerprint density at radius 3 is 2.70 bits per heavy atom. The highest BCUT2D eigenvalue weighted by Crippen LogP contribution is 2.24. The van der Waals surface area contributed by atoms with E-state index in [2.05, 4.69) is 5.10 Å². The average molecular weight is 276 g/mol. The first-order chi connectivity index (χ1) is 9.49. The number of aromatic nitrogens is 2. The largest absolute Gasteiger partial charge is 0.478 e. The fourth-order valence-electron chi connectivity index (χ4n) is 2.03. The van der Waals surface area contributed by atoms with Crippen molar-refractivity contribution < 1.29 is 19.8 Å². The zero-order valence-corrected chi connectivity index (χ0v) is 11.3. The maximum atomic E-state index is 11.3. The van der Waals surface area contributed by atoms with E-state index in [1.165, 1.54) is 12.3 Å². The van der Waals surface area contributed by atoms with Crippen LogP contribution in [0.2, 0.25) is 0 Å². The van der Waals surface area contributed by atoms with E-state index >= 15 is 0 Å². The summed E-state index contributed by atoms with van der Waals surface area (Å²) in [5.74, 6) is -0.565. The molecular formula is C14H16N2O4. The molecule has 0 bridgehead atoms. The lowest BCUT2D eigenvalue weighted by molar-refractivity contribution is 0.0693. The van der Waals surface area contributed by atoms with Gasteiger partial charge in [0.1, 0.15) is 6.61 Å². The first-order valence-electron chi connectivity index (χ1n) is 6.22. The van der Waals surface area contributed by atoms with Crippen molar-refractivity contribution in [2.45, 2.75) is 26.4 Å². The molecule has 0 aliphatic heterocycles. The minimum atomic E-state index is -0.987. The first-order valence-corrected chi connectivity index (χ1v) is 6.22. The molecule has 20 heavy (non-hydrogen) atoms. The number of rotatable bonds is 5. The molecule has 1 aromatic carbocycles. The van der Waals surface area contributed by atoms with Crippen LogP contribution in [0.15, 0.2) is 30.5 Å². The number of carboxylic acid groups (broad SMARTS) is 1. The Balaban J connectivity index is 2.30. The smallest absolute Gasteiger partial charge is 0.336 e. The molecule has 6 nitrogen and oxygen atoms in total. The van der Waals surface area contributed by atoms with E-state index in [1.54, 1.807) is 12.1 Å². The van der Waals surface area contributed by atoms with Crippen LogP contribution in [0.25, 0.3) is 0 Å². The molecular weight excluding hydrogens is 260 g/mol. The minimum Gasteiger partial charge on any atom is -0.478 e. The average Bonchev–Trinajstić information content (AvgIpc) is 2.81. The van der Waals surface area contributed by atoms with Crippen molar-refractivity contribution in [1.82, 2.24) is 9.94 Å². The predicted molar refractivity (Wildman–Crippen MR) is 71.2 cm³/mol. The number of nitrogens with zero attached hydrogens (tertiary/aromatic N) is 2. The fourth-order valence-corrected chi connectivity index (χ4v) is 2.03. The highest BCUT2D eigenvalue weighted by Gasteiger charge is 2.16. The van der Waals surface area contributed by atoms with Gasteiger partial charge in [-0.25, -0.2) is 4.79 Å². The van der Waals surface area contributed by atoms with Crippen molar-refractivity contribution in [2.24, 2.45) is 0 Å². The number of benzene rings is 1. The van der Waals surface area contributed by atoms with E-state index in [0.29, 0.717) is 10.4 Å². The molecule has 2 aromatic rings. The second-order valence-electron chi connectivity index (χ2n) is 4.70. The summed E-state index contributed by atoms with van der Waals surface area (Å²) in [6.07, 6.45) is 1.34. The zero-order valence-electron chi connectivity index (χ0n) is 11.3. The van der Waals surface area contributed by atoms with Gasteiger partial charge >= 0.3 is 5.97 Å². The van der Waals surface area contributed by atoms with Gasteiger partial charge < -0.3 is 15.1 Å². The van der Waals surface area contributed by atoms with E-state index in [9.17, 15) is 9.90 Å². The molecule has 0 atom stereocenters. The number of carbonyl (C=O) groups is 1. The number of hydrogen-bond acceptors (Lipinski definition) is 4. The number of hydrogen-bond donors (Lipinski definition) is 2. The van der Waals surface area contributed by atoms with Crippen LogP contribution in [0.5, 0.6) is 5.88 Å². The maximum absolute atomic E-state index is 11.3. The van der Waals surface area contributed by atoms with Crippen molar-refractivity contribution in [3.05, 3.63) is 47.2 Å². The van der Waals surface area contributed by atoms with E-state index in [1.807, 2.05) is 19.9 Å². The molecule has 0 unspecified atom stereocenters. The SMILES string of the molecule is CC(C)c1cccc(C(=O)O)c1COc1ccn(O)n1. The van der Waals surface area contributed by atoms with Crippen LogP contribution in [0.3, 0.4) is 0 Å². The molecule has 6 heteroatoms. The van der Waals surface area contributed by atoms with Gasteiger partial charge in [-0.3, -0.25) is 0 Å². The summed E-state index contributed by atoms with van der Waals surface area (Å²) in [4.78, 5) is 11.9. The van der Waals surface area contributed by atoms with Gasteiger partial charge in [-0.2, -0.15) is 0 Å². The summed E-state index contributed by atoms with van der Waals surface area (Å²) in [6.45, 7) is 4.08. The van der Waals surface area contributed by atoms with Crippen molar-refractivity contribution in [3.63, 3.8) is 0 Å². The molecule has 106 valence electrons. The lowest BCUT2D eigenvalue weighted by Crippen LogP contribution is -2.10. The topological polar surface area (TPSA) is 84.6 Å². The highest BCUT2D eigenvalue weighted by atomic mass is 16.5. The molecule has 0 spiro atoms. The van der Waals surface area contributed by atoms with Gasteiger partial charge in [0.05, 0.1) is 11.8 Å². The third-order valence-corrected chi connectivity index (χ3v) is 2.98. The quantitative estimate of drug-likeness (QED) is 0.820. The van der Waals surface area contributed by atoms with Gasteiger partial charge in [-0.05, 0) is 17.5 Å². The number of aromatic carboxylic acids is 1. The Labute approximate surface area is 116 Å². The van der Waals surface area contributed by atoms with Crippen molar-refractivity contribution in [1.29, 1.82) is 0 Å². The molecule has 1 aromatic heterocycles. The third-order valence-electron chi connectivity index (χ3n) is 2.98. The third kappa shape index (κ3) is 2.90. The van der Waals surface area contributed by atoms with Crippen molar-refractivity contribution >= 4 is 5.97 Å². The first kappa shape index (κ1) is 13.9. The Hall–Kier alpha value is -2.50. The van der Waals surface area contributed by atoms with Gasteiger partial charge in [0, 0.05) is 11.6 Å². The Morgan fingerprint density at radius 2 is 2.15 bits per heavy atom. The van der Waals surface area contributed by atoms with Crippen LogP contribution in [-0.2, 0) is 6.61 Å². The normalized spacial score (nSPS) is 10.8. The van der Waals surface area contributed by atoms with E-state index in [0.717, 1.165) is 5.56 Å². The van der Waals surface area contributed by atoms with E-state index in [4.69, 9.17) is 9.94 Å². The highest BCUT2D eigenvalue weighted by molar-refractivity contribution is 5.89. The lowest BCUT2D eigenvalue weighted by Gasteiger charge is -2.15. The minimum absolute atomic E-state index is 0.0903. The fraction of sp³-hybridized carbons (Fsp3) is 0.286. The van der Waals surface area contributed by atoms with Crippen LogP contribution in [0.1, 0.15) is 41.3 Å². The zero-order chi connectivity index (χ0) is 14.7. The van der Waals surface area contributed by atoms with Crippen LogP contribution in [-0.4, -0.2) is 26.2 Å². The Kier molecular flexibility index (Phi) is 3.93. The van der Waals surface area contributed by atoms with Gasteiger partial charge in [0.2, 0.25) is 5.88 Å². The summed E-state index contributed by atoms with van der Waals surface area (Å²) in [6, 6.07) is 6.67. The molecule has 2 N–H and O–H groups in total. The molecule has 1 heterocycles. The van der Waals surface area contributed by atoms with Crippen LogP contribution >= 0.6 is 0 Å². The molecule has 2 rings (SSSR count). The number of carboxylic acids is 1. The molecule has 0 fully saturated rings. The van der Waals surface area contributed by atoms with Crippen molar-refractivity contribution in [2.75, 3.05) is 0 Å². The summed E-state index contributed by atoms with van der Waals surface area (Å²) in [5, 5.41) is 22.0.